The molecule has 0 saturated carbocycles. The fourth-order valence-electron chi connectivity index (χ4n) is 3.17. The maximum absolute atomic E-state index is 6.14. The largest absolute Gasteiger partial charge is 0.489 e. The molecule has 5 rings (SSSR count). The van der Waals surface area contributed by atoms with E-state index in [1.54, 1.807) is 0 Å². The van der Waals surface area contributed by atoms with E-state index in [-0.39, 0.29) is 0 Å². The van der Waals surface area contributed by atoms with Crippen LogP contribution in [-0.4, -0.2) is 37.4 Å². The van der Waals surface area contributed by atoms with E-state index < -0.39 is 0 Å². The fraction of sp³-hybridized carbons (Fsp3) is 0.571. The Kier molecular flexibility index (Phi) is 2.36. The lowest BCUT2D eigenvalue weighted by atomic mass is 9.86. The third-order valence-corrected chi connectivity index (χ3v) is 4.23. The zero-order valence-corrected chi connectivity index (χ0v) is 10.3. The highest BCUT2D eigenvalue weighted by Gasteiger charge is 2.35. The highest BCUT2D eigenvalue weighted by molar-refractivity contribution is 5.46. The van der Waals surface area contributed by atoms with Crippen LogP contribution in [0.4, 0.5) is 0 Å². The smallest absolute Gasteiger partial charge is 0.231 e. The zero-order valence-electron chi connectivity index (χ0n) is 10.3. The Balaban J connectivity index is 1.51. The van der Waals surface area contributed by atoms with E-state index >= 15 is 0 Å². The van der Waals surface area contributed by atoms with Crippen molar-refractivity contribution in [3.05, 3.63) is 18.2 Å². The van der Waals surface area contributed by atoms with Crippen molar-refractivity contribution >= 4 is 0 Å². The number of fused-ring (bicyclic) bond motifs is 4. The lowest BCUT2D eigenvalue weighted by Crippen LogP contribution is -2.52. The standard InChI is InChI=1S/C14H17NO3/c1-2-12-13(17-9-16-12)7-11(1)18-14-8-15-5-3-10(14)4-6-15/h1-2,7,10,14H,3-6,8-9H2/t14-/m0/s1. The molecule has 0 radical (unpaired) electrons. The predicted octanol–water partition coefficient (Wildman–Crippen LogP) is 1.89. The van der Waals surface area contributed by atoms with Gasteiger partial charge in [0.05, 0.1) is 0 Å². The Hall–Kier alpha value is -1.42. The van der Waals surface area contributed by atoms with Crippen molar-refractivity contribution in [2.24, 2.45) is 5.92 Å². The molecule has 0 N–H and O–H groups in total. The third-order valence-electron chi connectivity index (χ3n) is 4.23. The van der Waals surface area contributed by atoms with Crippen LogP contribution in [0.2, 0.25) is 0 Å². The highest BCUT2D eigenvalue weighted by atomic mass is 16.7. The number of piperidine rings is 3. The van der Waals surface area contributed by atoms with E-state index in [4.69, 9.17) is 14.2 Å². The van der Waals surface area contributed by atoms with E-state index in [0.29, 0.717) is 12.9 Å². The van der Waals surface area contributed by atoms with E-state index in [2.05, 4.69) is 4.90 Å². The molecule has 3 saturated heterocycles. The number of hydrogen-bond acceptors (Lipinski definition) is 4. The summed E-state index contributed by atoms with van der Waals surface area (Å²) in [4.78, 5) is 2.50. The molecule has 4 aliphatic heterocycles. The van der Waals surface area contributed by atoms with Crippen LogP contribution in [0.25, 0.3) is 0 Å². The van der Waals surface area contributed by atoms with Gasteiger partial charge in [-0.15, -0.1) is 0 Å². The van der Waals surface area contributed by atoms with Crippen molar-refractivity contribution in [2.45, 2.75) is 18.9 Å². The van der Waals surface area contributed by atoms with Gasteiger partial charge in [0, 0.05) is 12.6 Å². The second-order valence-electron chi connectivity index (χ2n) is 5.31. The SMILES string of the molecule is c1cc2c(cc1O[C@H]1CN3CCC1CC3)OCO2. The molecule has 0 unspecified atom stereocenters. The van der Waals surface area contributed by atoms with Crippen molar-refractivity contribution in [1.82, 2.24) is 4.90 Å². The van der Waals surface area contributed by atoms with Gasteiger partial charge in [-0.3, -0.25) is 4.90 Å². The van der Waals surface area contributed by atoms with Gasteiger partial charge in [0.1, 0.15) is 11.9 Å². The first-order valence-electron chi connectivity index (χ1n) is 6.67. The summed E-state index contributed by atoms with van der Waals surface area (Å²) >= 11 is 0. The number of ether oxygens (including phenoxy) is 3. The van der Waals surface area contributed by atoms with Crippen LogP contribution in [-0.2, 0) is 0 Å². The van der Waals surface area contributed by atoms with Crippen LogP contribution in [0.3, 0.4) is 0 Å². The first-order chi connectivity index (χ1) is 8.88. The van der Waals surface area contributed by atoms with E-state index in [1.807, 2.05) is 18.2 Å². The minimum Gasteiger partial charge on any atom is -0.489 e. The van der Waals surface area contributed by atoms with Crippen molar-refractivity contribution in [2.75, 3.05) is 26.4 Å². The first-order valence-corrected chi connectivity index (χ1v) is 6.67. The first kappa shape index (κ1) is 10.5. The van der Waals surface area contributed by atoms with Crippen molar-refractivity contribution in [3.63, 3.8) is 0 Å². The third kappa shape index (κ3) is 1.72. The summed E-state index contributed by atoms with van der Waals surface area (Å²) in [7, 11) is 0. The molecule has 0 aliphatic carbocycles. The maximum atomic E-state index is 6.14. The molecule has 18 heavy (non-hydrogen) atoms. The molecule has 4 heterocycles. The number of nitrogens with zero attached hydrogens (tertiary/aromatic N) is 1. The van der Waals surface area contributed by atoms with Gasteiger partial charge in [0.15, 0.2) is 11.5 Å². The number of hydrogen-bond donors (Lipinski definition) is 0. The molecular formula is C14H17NO3. The Labute approximate surface area is 106 Å². The van der Waals surface area contributed by atoms with Gasteiger partial charge >= 0.3 is 0 Å². The summed E-state index contributed by atoms with van der Waals surface area (Å²) in [6.45, 7) is 3.87. The summed E-state index contributed by atoms with van der Waals surface area (Å²) in [5.74, 6) is 3.24. The molecule has 4 nitrogen and oxygen atoms in total. The van der Waals surface area contributed by atoms with Crippen LogP contribution in [0.15, 0.2) is 18.2 Å². The monoisotopic (exact) mass is 247 g/mol. The lowest BCUT2D eigenvalue weighted by Gasteiger charge is -2.44. The van der Waals surface area contributed by atoms with Crippen LogP contribution < -0.4 is 14.2 Å². The van der Waals surface area contributed by atoms with Gasteiger partial charge in [-0.25, -0.2) is 0 Å². The Morgan fingerprint density at radius 1 is 1.11 bits per heavy atom. The van der Waals surface area contributed by atoms with Crippen molar-refractivity contribution < 1.29 is 14.2 Å². The lowest BCUT2D eigenvalue weighted by molar-refractivity contribution is -0.00782. The van der Waals surface area contributed by atoms with Gasteiger partial charge in [-0.2, -0.15) is 0 Å². The molecule has 3 fully saturated rings. The van der Waals surface area contributed by atoms with E-state index in [9.17, 15) is 0 Å². The molecule has 2 bridgehead atoms. The van der Waals surface area contributed by atoms with Gasteiger partial charge in [0.25, 0.3) is 0 Å². The maximum Gasteiger partial charge on any atom is 0.231 e. The normalized spacial score (nSPS) is 32.6. The fourth-order valence-corrected chi connectivity index (χ4v) is 3.17. The van der Waals surface area contributed by atoms with Crippen LogP contribution in [0, 0.1) is 5.92 Å². The molecule has 96 valence electrons. The summed E-state index contributed by atoms with van der Waals surface area (Å²) in [5, 5.41) is 0. The Morgan fingerprint density at radius 3 is 2.72 bits per heavy atom. The summed E-state index contributed by atoms with van der Waals surface area (Å²) < 4.78 is 16.8. The topological polar surface area (TPSA) is 30.9 Å². The molecule has 4 aliphatic rings. The van der Waals surface area contributed by atoms with Crippen LogP contribution >= 0.6 is 0 Å². The van der Waals surface area contributed by atoms with Crippen molar-refractivity contribution in [3.8, 4) is 17.2 Å². The summed E-state index contributed by atoms with van der Waals surface area (Å²) in [6, 6.07) is 5.85. The second kappa shape index (κ2) is 4.05. The molecule has 1 atom stereocenters. The number of benzene rings is 1. The van der Waals surface area contributed by atoms with E-state index in [0.717, 1.165) is 29.7 Å². The molecule has 0 spiro atoms. The van der Waals surface area contributed by atoms with E-state index in [1.165, 1.54) is 25.9 Å². The Morgan fingerprint density at radius 2 is 1.94 bits per heavy atom. The summed E-state index contributed by atoms with van der Waals surface area (Å²) in [5.41, 5.74) is 0. The average Bonchev–Trinajstić information content (AvgIpc) is 2.87. The molecule has 1 aromatic rings. The second-order valence-corrected chi connectivity index (χ2v) is 5.31. The Bertz CT molecular complexity index is 454. The van der Waals surface area contributed by atoms with Gasteiger partial charge in [-0.05, 0) is 44.0 Å². The average molecular weight is 247 g/mol. The quantitative estimate of drug-likeness (QED) is 0.798. The van der Waals surface area contributed by atoms with Gasteiger partial charge < -0.3 is 14.2 Å². The van der Waals surface area contributed by atoms with Crippen LogP contribution in [0.1, 0.15) is 12.8 Å². The molecule has 4 heteroatoms. The van der Waals surface area contributed by atoms with Crippen molar-refractivity contribution in [1.29, 1.82) is 0 Å². The molecular weight excluding hydrogens is 230 g/mol. The predicted molar refractivity (Wildman–Crippen MR) is 66.1 cm³/mol. The van der Waals surface area contributed by atoms with Gasteiger partial charge in [0.2, 0.25) is 6.79 Å². The van der Waals surface area contributed by atoms with Crippen LogP contribution in [0.5, 0.6) is 17.2 Å². The minimum absolute atomic E-state index is 0.318. The summed E-state index contributed by atoms with van der Waals surface area (Å²) in [6.07, 6.45) is 2.89. The molecule has 1 aromatic carbocycles. The minimum atomic E-state index is 0.318. The number of rotatable bonds is 2. The highest BCUT2D eigenvalue weighted by Crippen LogP contribution is 2.37. The van der Waals surface area contributed by atoms with Gasteiger partial charge in [-0.1, -0.05) is 0 Å². The zero-order chi connectivity index (χ0) is 11.9. The molecule has 0 aromatic heterocycles. The molecule has 0 amide bonds.